The lowest BCUT2D eigenvalue weighted by molar-refractivity contribution is -0.158. The number of amides is 1. The number of rotatable bonds is 4. The molecule has 1 atom stereocenters. The highest BCUT2D eigenvalue weighted by atomic mass is 19.4. The standard InChI is InChI=1S/C19H16F4N4O/c1-10-8-14(11-4-6-13(20)7-5-11)25-17-15(24-9-27(10)17)18(28)26-16(12-2-3-12)19(21,22)23/h4-9,12,16H,2-3H2,1H3,(H,26,28). The van der Waals surface area contributed by atoms with Crippen molar-refractivity contribution in [3.63, 3.8) is 0 Å². The Balaban J connectivity index is 1.71. The maximum atomic E-state index is 13.2. The summed E-state index contributed by atoms with van der Waals surface area (Å²) in [5.41, 5.74) is 1.74. The summed E-state index contributed by atoms with van der Waals surface area (Å²) in [5, 5.41) is 2.07. The Labute approximate surface area is 157 Å². The number of nitrogens with zero attached hydrogens (tertiary/aromatic N) is 3. The van der Waals surface area contributed by atoms with Crippen LogP contribution in [0.15, 0.2) is 36.7 Å². The molecule has 0 saturated heterocycles. The molecule has 1 fully saturated rings. The summed E-state index contributed by atoms with van der Waals surface area (Å²) in [6, 6.07) is 5.48. The van der Waals surface area contributed by atoms with Gasteiger partial charge < -0.3 is 5.32 Å². The van der Waals surface area contributed by atoms with Gasteiger partial charge in [-0.05, 0) is 56.0 Å². The molecule has 9 heteroatoms. The minimum absolute atomic E-state index is 0.147. The van der Waals surface area contributed by atoms with Gasteiger partial charge in [-0.3, -0.25) is 9.20 Å². The Morgan fingerprint density at radius 3 is 2.54 bits per heavy atom. The Bertz CT molecular complexity index is 1040. The van der Waals surface area contributed by atoms with Crippen LogP contribution in [0, 0.1) is 18.7 Å². The Hall–Kier alpha value is -2.97. The summed E-state index contributed by atoms with van der Waals surface area (Å²) in [6.07, 6.45) is -2.31. The minimum Gasteiger partial charge on any atom is -0.339 e. The van der Waals surface area contributed by atoms with E-state index in [9.17, 15) is 22.4 Å². The smallest absolute Gasteiger partial charge is 0.339 e. The van der Waals surface area contributed by atoms with E-state index in [1.165, 1.54) is 35.0 Å². The molecule has 2 heterocycles. The van der Waals surface area contributed by atoms with Gasteiger partial charge in [-0.1, -0.05) is 0 Å². The van der Waals surface area contributed by atoms with Crippen LogP contribution in [-0.4, -0.2) is 32.5 Å². The molecular weight excluding hydrogens is 376 g/mol. The summed E-state index contributed by atoms with van der Waals surface area (Å²) in [6.45, 7) is 1.76. The predicted octanol–water partition coefficient (Wildman–Crippen LogP) is 3.91. The van der Waals surface area contributed by atoms with Crippen LogP contribution in [0.5, 0.6) is 0 Å². The van der Waals surface area contributed by atoms with E-state index >= 15 is 0 Å². The van der Waals surface area contributed by atoms with Crippen LogP contribution in [0.4, 0.5) is 17.6 Å². The van der Waals surface area contributed by atoms with Crippen molar-refractivity contribution >= 4 is 11.6 Å². The third-order valence-electron chi connectivity index (χ3n) is 4.78. The number of carbonyl (C=O) groups excluding carboxylic acids is 1. The van der Waals surface area contributed by atoms with Crippen LogP contribution in [0.3, 0.4) is 0 Å². The number of benzene rings is 1. The average molecular weight is 392 g/mol. The number of hydrogen-bond acceptors (Lipinski definition) is 3. The molecule has 5 nitrogen and oxygen atoms in total. The van der Waals surface area contributed by atoms with Crippen LogP contribution in [-0.2, 0) is 0 Å². The van der Waals surface area contributed by atoms with Crippen LogP contribution >= 0.6 is 0 Å². The van der Waals surface area contributed by atoms with E-state index in [2.05, 4.69) is 15.3 Å². The SMILES string of the molecule is Cc1cc(-c2ccc(F)cc2)nc2c(C(=O)NC(C3CC3)C(F)(F)F)ncn12. The number of hydrogen-bond donors (Lipinski definition) is 1. The highest BCUT2D eigenvalue weighted by Gasteiger charge is 2.50. The molecule has 1 aliphatic carbocycles. The fourth-order valence-corrected chi connectivity index (χ4v) is 3.16. The summed E-state index contributed by atoms with van der Waals surface area (Å²) in [5.74, 6) is -1.91. The van der Waals surface area contributed by atoms with Crippen molar-refractivity contribution in [2.24, 2.45) is 5.92 Å². The van der Waals surface area contributed by atoms with Gasteiger partial charge in [-0.25, -0.2) is 14.4 Å². The molecular formula is C19H16F4N4O. The zero-order valence-corrected chi connectivity index (χ0v) is 14.8. The molecule has 3 aromatic rings. The molecule has 2 aromatic heterocycles. The lowest BCUT2D eigenvalue weighted by Crippen LogP contribution is -2.47. The van der Waals surface area contributed by atoms with Crippen LogP contribution < -0.4 is 5.32 Å². The van der Waals surface area contributed by atoms with Gasteiger partial charge in [-0.2, -0.15) is 13.2 Å². The summed E-state index contributed by atoms with van der Waals surface area (Å²) < 4.78 is 54.4. The number of carbonyl (C=O) groups is 1. The monoisotopic (exact) mass is 392 g/mol. The van der Waals surface area contributed by atoms with Crippen molar-refractivity contribution in [2.75, 3.05) is 0 Å². The lowest BCUT2D eigenvalue weighted by atomic mass is 10.1. The number of alkyl halides is 3. The second-order valence-corrected chi connectivity index (χ2v) is 6.91. The van der Waals surface area contributed by atoms with E-state index < -0.39 is 29.9 Å². The molecule has 28 heavy (non-hydrogen) atoms. The third-order valence-corrected chi connectivity index (χ3v) is 4.78. The highest BCUT2D eigenvalue weighted by molar-refractivity contribution is 5.98. The van der Waals surface area contributed by atoms with Crippen LogP contribution in [0.25, 0.3) is 16.9 Å². The molecule has 0 radical (unpaired) electrons. The molecule has 1 aliphatic rings. The van der Waals surface area contributed by atoms with Gasteiger partial charge in [0, 0.05) is 11.3 Å². The zero-order valence-electron chi connectivity index (χ0n) is 14.8. The Morgan fingerprint density at radius 1 is 1.25 bits per heavy atom. The maximum Gasteiger partial charge on any atom is 0.408 e. The first-order valence-corrected chi connectivity index (χ1v) is 8.72. The number of fused-ring (bicyclic) bond motifs is 1. The number of imidazole rings is 1. The number of aromatic nitrogens is 3. The fraction of sp³-hybridized carbons (Fsp3) is 0.316. The van der Waals surface area contributed by atoms with Gasteiger partial charge in [0.05, 0.1) is 5.69 Å². The first-order chi connectivity index (χ1) is 13.2. The van der Waals surface area contributed by atoms with E-state index in [4.69, 9.17) is 0 Å². The summed E-state index contributed by atoms with van der Waals surface area (Å²) in [4.78, 5) is 20.9. The maximum absolute atomic E-state index is 13.2. The normalized spacial score (nSPS) is 15.6. The summed E-state index contributed by atoms with van der Waals surface area (Å²) in [7, 11) is 0. The van der Waals surface area contributed by atoms with Crippen molar-refractivity contribution in [1.29, 1.82) is 0 Å². The van der Waals surface area contributed by atoms with Gasteiger partial charge in [0.15, 0.2) is 11.3 Å². The molecule has 1 saturated carbocycles. The van der Waals surface area contributed by atoms with E-state index in [1.54, 1.807) is 13.0 Å². The molecule has 0 aliphatic heterocycles. The third kappa shape index (κ3) is 3.44. The van der Waals surface area contributed by atoms with Crippen molar-refractivity contribution in [2.45, 2.75) is 32.0 Å². The van der Waals surface area contributed by atoms with E-state index in [0.717, 1.165) is 0 Å². The number of halogens is 4. The van der Waals surface area contributed by atoms with E-state index in [1.807, 2.05) is 0 Å². The zero-order chi connectivity index (χ0) is 20.1. The molecule has 146 valence electrons. The van der Waals surface area contributed by atoms with Gasteiger partial charge in [0.25, 0.3) is 5.91 Å². The molecule has 0 bridgehead atoms. The topological polar surface area (TPSA) is 59.3 Å². The minimum atomic E-state index is -4.52. The number of aryl methyl sites for hydroxylation is 1. The van der Waals surface area contributed by atoms with Gasteiger partial charge >= 0.3 is 6.18 Å². The van der Waals surface area contributed by atoms with Crippen LogP contribution in [0.1, 0.15) is 29.0 Å². The van der Waals surface area contributed by atoms with Crippen molar-refractivity contribution in [1.82, 2.24) is 19.7 Å². The van der Waals surface area contributed by atoms with Gasteiger partial charge in [0.1, 0.15) is 18.2 Å². The molecule has 1 unspecified atom stereocenters. The fourth-order valence-electron chi connectivity index (χ4n) is 3.16. The summed E-state index contributed by atoms with van der Waals surface area (Å²) >= 11 is 0. The second-order valence-electron chi connectivity index (χ2n) is 6.91. The first-order valence-electron chi connectivity index (χ1n) is 8.72. The quantitative estimate of drug-likeness (QED) is 0.685. The average Bonchev–Trinajstić information content (AvgIpc) is 3.37. The predicted molar refractivity (Wildman–Crippen MR) is 93.2 cm³/mol. The largest absolute Gasteiger partial charge is 0.408 e. The van der Waals surface area contributed by atoms with Crippen molar-refractivity contribution in [3.05, 3.63) is 53.9 Å². The van der Waals surface area contributed by atoms with Crippen LogP contribution in [0.2, 0.25) is 0 Å². The molecule has 1 aromatic carbocycles. The second kappa shape index (κ2) is 6.57. The van der Waals surface area contributed by atoms with Gasteiger partial charge in [-0.15, -0.1) is 0 Å². The molecule has 4 rings (SSSR count). The Kier molecular flexibility index (Phi) is 4.32. The Morgan fingerprint density at radius 2 is 1.93 bits per heavy atom. The van der Waals surface area contributed by atoms with Crippen molar-refractivity contribution in [3.8, 4) is 11.3 Å². The molecule has 0 spiro atoms. The molecule has 1 amide bonds. The molecule has 1 N–H and O–H groups in total. The number of nitrogens with one attached hydrogen (secondary N) is 1. The van der Waals surface area contributed by atoms with Gasteiger partial charge in [0.2, 0.25) is 0 Å². The lowest BCUT2D eigenvalue weighted by Gasteiger charge is -2.20. The van der Waals surface area contributed by atoms with Crippen molar-refractivity contribution < 1.29 is 22.4 Å². The van der Waals surface area contributed by atoms with E-state index in [0.29, 0.717) is 29.8 Å². The first kappa shape index (κ1) is 18.4. The highest BCUT2D eigenvalue weighted by Crippen LogP contribution is 2.40. The van der Waals surface area contributed by atoms with E-state index in [-0.39, 0.29) is 11.3 Å².